The molecule has 0 aliphatic carbocycles. The van der Waals surface area contributed by atoms with Crippen molar-refractivity contribution in [3.05, 3.63) is 42.6 Å². The van der Waals surface area contributed by atoms with Crippen LogP contribution in [-0.2, 0) is 0 Å². The topological polar surface area (TPSA) is 48.1 Å². The largest absolute Gasteiger partial charge is 0.496 e. The van der Waals surface area contributed by atoms with Gasteiger partial charge in [0.25, 0.3) is 0 Å². The first-order valence-corrected chi connectivity index (χ1v) is 4.67. The quantitative estimate of drug-likeness (QED) is 0.809. The molecule has 0 saturated heterocycles. The number of pyridine rings is 1. The number of nitrogens with two attached hydrogens (primary N) is 1. The van der Waals surface area contributed by atoms with Crippen molar-refractivity contribution in [2.45, 2.75) is 0 Å². The first-order chi connectivity index (χ1) is 7.33. The number of benzene rings is 1. The highest BCUT2D eigenvalue weighted by Gasteiger charge is 2.08. The average molecular weight is 200 g/mol. The number of para-hydroxylation sites is 1. The Balaban J connectivity index is 2.59. The highest BCUT2D eigenvalue weighted by Crippen LogP contribution is 2.31. The second-order valence-electron chi connectivity index (χ2n) is 3.14. The molecule has 0 unspecified atom stereocenters. The third kappa shape index (κ3) is 1.76. The first kappa shape index (κ1) is 9.52. The van der Waals surface area contributed by atoms with Crippen LogP contribution in [0.1, 0.15) is 0 Å². The third-order valence-electron chi connectivity index (χ3n) is 2.20. The van der Waals surface area contributed by atoms with Gasteiger partial charge < -0.3 is 10.5 Å². The van der Waals surface area contributed by atoms with Crippen LogP contribution < -0.4 is 10.5 Å². The Morgan fingerprint density at radius 1 is 1.13 bits per heavy atom. The molecule has 0 bridgehead atoms. The standard InChI is InChI=1S/C12H12N2O/c1-15-11-7-3-2-5-9(11)12-10(13)6-4-8-14-12/h2-8H,13H2,1H3. The van der Waals surface area contributed by atoms with Crippen LogP contribution in [0.3, 0.4) is 0 Å². The van der Waals surface area contributed by atoms with Crippen molar-refractivity contribution >= 4 is 5.69 Å². The van der Waals surface area contributed by atoms with Crippen molar-refractivity contribution < 1.29 is 4.74 Å². The highest BCUT2D eigenvalue weighted by molar-refractivity contribution is 5.76. The normalized spacial score (nSPS) is 9.93. The van der Waals surface area contributed by atoms with Crippen LogP contribution in [-0.4, -0.2) is 12.1 Å². The van der Waals surface area contributed by atoms with Gasteiger partial charge in [-0.1, -0.05) is 12.1 Å². The number of nitrogen functional groups attached to an aromatic ring is 1. The highest BCUT2D eigenvalue weighted by atomic mass is 16.5. The maximum Gasteiger partial charge on any atom is 0.128 e. The molecule has 0 spiro atoms. The molecule has 3 heteroatoms. The molecule has 0 fully saturated rings. The number of rotatable bonds is 2. The van der Waals surface area contributed by atoms with E-state index in [0.717, 1.165) is 17.0 Å². The van der Waals surface area contributed by atoms with Crippen LogP contribution in [0.4, 0.5) is 5.69 Å². The van der Waals surface area contributed by atoms with Crippen molar-refractivity contribution in [2.24, 2.45) is 0 Å². The van der Waals surface area contributed by atoms with E-state index in [9.17, 15) is 0 Å². The summed E-state index contributed by atoms with van der Waals surface area (Å²) in [6.45, 7) is 0. The number of hydrogen-bond donors (Lipinski definition) is 1. The Bertz CT molecular complexity index is 469. The summed E-state index contributed by atoms with van der Waals surface area (Å²) in [5.74, 6) is 0.780. The van der Waals surface area contributed by atoms with Crippen molar-refractivity contribution in [3.63, 3.8) is 0 Å². The minimum Gasteiger partial charge on any atom is -0.496 e. The molecule has 2 rings (SSSR count). The summed E-state index contributed by atoms with van der Waals surface area (Å²) in [6.07, 6.45) is 1.72. The molecule has 1 heterocycles. The van der Waals surface area contributed by atoms with E-state index in [1.54, 1.807) is 13.3 Å². The van der Waals surface area contributed by atoms with E-state index >= 15 is 0 Å². The lowest BCUT2D eigenvalue weighted by atomic mass is 10.1. The van der Waals surface area contributed by atoms with Gasteiger partial charge in [0.1, 0.15) is 5.75 Å². The number of aromatic nitrogens is 1. The lowest BCUT2D eigenvalue weighted by Crippen LogP contribution is -1.94. The predicted molar refractivity (Wildman–Crippen MR) is 60.6 cm³/mol. The molecule has 1 aromatic heterocycles. The van der Waals surface area contributed by atoms with Crippen molar-refractivity contribution in [2.75, 3.05) is 12.8 Å². The van der Waals surface area contributed by atoms with Crippen LogP contribution in [0.25, 0.3) is 11.3 Å². The molecule has 15 heavy (non-hydrogen) atoms. The Morgan fingerprint density at radius 3 is 2.67 bits per heavy atom. The van der Waals surface area contributed by atoms with E-state index in [2.05, 4.69) is 4.98 Å². The lowest BCUT2D eigenvalue weighted by molar-refractivity contribution is 0.416. The molecule has 0 amide bonds. The summed E-state index contributed by atoms with van der Waals surface area (Å²) in [5, 5.41) is 0. The monoisotopic (exact) mass is 200 g/mol. The van der Waals surface area contributed by atoms with Gasteiger partial charge in [0.15, 0.2) is 0 Å². The molecule has 76 valence electrons. The van der Waals surface area contributed by atoms with E-state index in [1.165, 1.54) is 0 Å². The Labute approximate surface area is 88.5 Å². The second kappa shape index (κ2) is 4.00. The van der Waals surface area contributed by atoms with Crippen molar-refractivity contribution in [1.29, 1.82) is 0 Å². The van der Waals surface area contributed by atoms with Crippen molar-refractivity contribution in [3.8, 4) is 17.0 Å². The molecule has 1 aromatic carbocycles. The van der Waals surface area contributed by atoms with Gasteiger partial charge in [0, 0.05) is 11.8 Å². The molecular formula is C12H12N2O. The summed E-state index contributed by atoms with van der Waals surface area (Å²) in [4.78, 5) is 4.25. The van der Waals surface area contributed by atoms with Gasteiger partial charge in [0.2, 0.25) is 0 Å². The first-order valence-electron chi connectivity index (χ1n) is 4.67. The van der Waals surface area contributed by atoms with E-state index in [1.807, 2.05) is 36.4 Å². The zero-order chi connectivity index (χ0) is 10.7. The van der Waals surface area contributed by atoms with Crippen LogP contribution >= 0.6 is 0 Å². The van der Waals surface area contributed by atoms with Gasteiger partial charge in [-0.25, -0.2) is 0 Å². The van der Waals surface area contributed by atoms with E-state index in [4.69, 9.17) is 10.5 Å². The number of hydrogen-bond acceptors (Lipinski definition) is 3. The molecule has 0 saturated carbocycles. The fourth-order valence-corrected chi connectivity index (χ4v) is 1.48. The number of nitrogens with zero attached hydrogens (tertiary/aromatic N) is 1. The van der Waals surface area contributed by atoms with E-state index in [-0.39, 0.29) is 0 Å². The molecule has 2 N–H and O–H groups in total. The predicted octanol–water partition coefficient (Wildman–Crippen LogP) is 2.34. The summed E-state index contributed by atoms with van der Waals surface area (Å²) in [7, 11) is 1.64. The molecule has 0 atom stereocenters. The number of anilines is 1. The molecule has 3 nitrogen and oxygen atoms in total. The minimum absolute atomic E-state index is 0.655. The van der Waals surface area contributed by atoms with E-state index < -0.39 is 0 Å². The number of ether oxygens (including phenoxy) is 1. The van der Waals surface area contributed by atoms with Crippen molar-refractivity contribution in [1.82, 2.24) is 4.98 Å². The molecule has 0 aliphatic rings. The van der Waals surface area contributed by atoms with Gasteiger partial charge >= 0.3 is 0 Å². The van der Waals surface area contributed by atoms with Gasteiger partial charge in [0.05, 0.1) is 18.5 Å². The zero-order valence-corrected chi connectivity index (χ0v) is 8.47. The molecule has 2 aromatic rings. The van der Waals surface area contributed by atoms with Crippen LogP contribution in [0.5, 0.6) is 5.75 Å². The zero-order valence-electron chi connectivity index (χ0n) is 8.47. The Morgan fingerprint density at radius 2 is 1.93 bits per heavy atom. The van der Waals surface area contributed by atoms with Gasteiger partial charge in [-0.05, 0) is 24.3 Å². The fraction of sp³-hybridized carbons (Fsp3) is 0.0833. The Hall–Kier alpha value is -2.03. The SMILES string of the molecule is COc1ccccc1-c1ncccc1N. The number of methoxy groups -OCH3 is 1. The maximum absolute atomic E-state index is 5.86. The van der Waals surface area contributed by atoms with Crippen LogP contribution in [0.2, 0.25) is 0 Å². The maximum atomic E-state index is 5.86. The third-order valence-corrected chi connectivity index (χ3v) is 2.20. The second-order valence-corrected chi connectivity index (χ2v) is 3.14. The molecular weight excluding hydrogens is 188 g/mol. The fourth-order valence-electron chi connectivity index (χ4n) is 1.48. The summed E-state index contributed by atoms with van der Waals surface area (Å²) >= 11 is 0. The molecule has 0 radical (unpaired) electrons. The lowest BCUT2D eigenvalue weighted by Gasteiger charge is -2.08. The smallest absolute Gasteiger partial charge is 0.128 e. The van der Waals surface area contributed by atoms with Gasteiger partial charge in [-0.2, -0.15) is 0 Å². The summed E-state index contributed by atoms with van der Waals surface area (Å²) < 4.78 is 5.26. The Kier molecular flexibility index (Phi) is 2.54. The van der Waals surface area contributed by atoms with E-state index in [0.29, 0.717) is 5.69 Å². The van der Waals surface area contributed by atoms with Crippen LogP contribution in [0, 0.1) is 0 Å². The minimum atomic E-state index is 0.655. The van der Waals surface area contributed by atoms with Crippen LogP contribution in [0.15, 0.2) is 42.6 Å². The summed E-state index contributed by atoms with van der Waals surface area (Å²) in [5.41, 5.74) is 8.19. The summed E-state index contributed by atoms with van der Waals surface area (Å²) in [6, 6.07) is 11.3. The molecule has 0 aliphatic heterocycles. The average Bonchev–Trinajstić information content (AvgIpc) is 2.30. The van der Waals surface area contributed by atoms with Gasteiger partial charge in [-0.15, -0.1) is 0 Å². The van der Waals surface area contributed by atoms with Gasteiger partial charge in [-0.3, -0.25) is 4.98 Å².